The summed E-state index contributed by atoms with van der Waals surface area (Å²) in [5, 5.41) is 7.19. The second kappa shape index (κ2) is 5.77. The van der Waals surface area contributed by atoms with E-state index in [9.17, 15) is 4.79 Å². The smallest absolute Gasteiger partial charge is 0.282 e. The summed E-state index contributed by atoms with van der Waals surface area (Å²) in [6.45, 7) is 0.968. The van der Waals surface area contributed by atoms with E-state index in [1.54, 1.807) is 13.2 Å². The lowest BCUT2D eigenvalue weighted by molar-refractivity contribution is 0.174. The Balaban J connectivity index is 1.64. The number of fused-ring (bicyclic) bond motifs is 1. The number of rotatable bonds is 4. The number of nitrogens with zero attached hydrogens (tertiary/aromatic N) is 2. The van der Waals surface area contributed by atoms with Gasteiger partial charge >= 0.3 is 0 Å². The van der Waals surface area contributed by atoms with Gasteiger partial charge in [0.05, 0.1) is 11.9 Å². The summed E-state index contributed by atoms with van der Waals surface area (Å²) < 4.78 is 12.4. The Kier molecular flexibility index (Phi) is 3.83. The number of anilines is 1. The second-order valence-electron chi connectivity index (χ2n) is 4.67. The largest absolute Gasteiger partial charge is 0.454 e. The van der Waals surface area contributed by atoms with Gasteiger partial charge in [-0.25, -0.2) is 4.68 Å². The molecule has 0 amide bonds. The summed E-state index contributed by atoms with van der Waals surface area (Å²) in [6.07, 6.45) is 2.43. The van der Waals surface area contributed by atoms with Crippen molar-refractivity contribution in [2.24, 2.45) is 7.05 Å². The van der Waals surface area contributed by atoms with E-state index in [0.717, 1.165) is 23.5 Å². The van der Waals surface area contributed by atoms with Crippen molar-refractivity contribution in [3.63, 3.8) is 0 Å². The summed E-state index contributed by atoms with van der Waals surface area (Å²) in [6, 6.07) is 5.89. The van der Waals surface area contributed by atoms with Crippen LogP contribution in [0.1, 0.15) is 5.56 Å². The summed E-state index contributed by atoms with van der Waals surface area (Å²) in [4.78, 5) is 11.7. The van der Waals surface area contributed by atoms with E-state index in [0.29, 0.717) is 16.7 Å². The zero-order chi connectivity index (χ0) is 14.8. The van der Waals surface area contributed by atoms with Crippen LogP contribution in [0.25, 0.3) is 0 Å². The molecule has 1 N–H and O–H groups in total. The Morgan fingerprint density at radius 2 is 2.19 bits per heavy atom. The van der Waals surface area contributed by atoms with Gasteiger partial charge in [0.15, 0.2) is 11.5 Å². The van der Waals surface area contributed by atoms with Gasteiger partial charge in [-0.2, -0.15) is 5.10 Å². The van der Waals surface area contributed by atoms with Crippen LogP contribution in [-0.2, 0) is 13.5 Å². The highest BCUT2D eigenvalue weighted by Crippen LogP contribution is 2.32. The fourth-order valence-electron chi connectivity index (χ4n) is 2.07. The Morgan fingerprint density at radius 1 is 1.38 bits per heavy atom. The predicted molar refractivity (Wildman–Crippen MR) is 81.9 cm³/mol. The molecule has 6 nitrogen and oxygen atoms in total. The summed E-state index contributed by atoms with van der Waals surface area (Å²) >= 11 is 3.29. The van der Waals surface area contributed by atoms with Crippen molar-refractivity contribution in [1.29, 1.82) is 0 Å². The van der Waals surface area contributed by atoms with Gasteiger partial charge in [-0.15, -0.1) is 0 Å². The molecular formula is C14H14BrN3O3. The van der Waals surface area contributed by atoms with Crippen LogP contribution in [0, 0.1) is 0 Å². The zero-order valence-corrected chi connectivity index (χ0v) is 13.0. The van der Waals surface area contributed by atoms with E-state index in [-0.39, 0.29) is 12.4 Å². The van der Waals surface area contributed by atoms with Crippen molar-refractivity contribution in [2.75, 3.05) is 18.7 Å². The minimum absolute atomic E-state index is 0.164. The van der Waals surface area contributed by atoms with Gasteiger partial charge in [-0.3, -0.25) is 4.79 Å². The van der Waals surface area contributed by atoms with Crippen LogP contribution in [0.5, 0.6) is 11.5 Å². The number of ether oxygens (including phenoxy) is 2. The Hall–Kier alpha value is -2.02. The Labute approximate surface area is 129 Å². The molecule has 0 unspecified atom stereocenters. The SMILES string of the molecule is Cn1ncc(NCCc2ccc3c(c2)OCO3)c(Br)c1=O. The highest BCUT2D eigenvalue weighted by molar-refractivity contribution is 9.10. The third-order valence-electron chi connectivity index (χ3n) is 3.24. The van der Waals surface area contributed by atoms with Crippen molar-refractivity contribution < 1.29 is 9.47 Å². The van der Waals surface area contributed by atoms with E-state index < -0.39 is 0 Å². The van der Waals surface area contributed by atoms with Crippen molar-refractivity contribution in [3.05, 3.63) is 44.8 Å². The molecule has 0 saturated heterocycles. The van der Waals surface area contributed by atoms with Crippen molar-refractivity contribution in [1.82, 2.24) is 9.78 Å². The van der Waals surface area contributed by atoms with Gasteiger partial charge in [-0.05, 0) is 40.0 Å². The first-order valence-corrected chi connectivity index (χ1v) is 7.28. The van der Waals surface area contributed by atoms with Gasteiger partial charge in [0, 0.05) is 13.6 Å². The first-order chi connectivity index (χ1) is 10.1. The first-order valence-electron chi connectivity index (χ1n) is 6.49. The average molecular weight is 352 g/mol. The molecule has 3 rings (SSSR count). The van der Waals surface area contributed by atoms with E-state index >= 15 is 0 Å². The molecule has 1 aliphatic rings. The maximum absolute atomic E-state index is 11.7. The molecule has 110 valence electrons. The van der Waals surface area contributed by atoms with Gasteiger partial charge in [0.1, 0.15) is 4.47 Å². The molecule has 0 atom stereocenters. The van der Waals surface area contributed by atoms with Crippen LogP contribution < -0.4 is 20.3 Å². The molecule has 21 heavy (non-hydrogen) atoms. The molecule has 2 heterocycles. The number of hydrogen-bond donors (Lipinski definition) is 1. The Morgan fingerprint density at radius 3 is 3.05 bits per heavy atom. The number of halogens is 1. The normalized spacial score (nSPS) is 12.5. The quantitative estimate of drug-likeness (QED) is 0.911. The molecule has 1 aromatic carbocycles. The minimum Gasteiger partial charge on any atom is -0.454 e. The molecule has 0 bridgehead atoms. The topological polar surface area (TPSA) is 65.4 Å². The number of aryl methyl sites for hydroxylation is 1. The third kappa shape index (κ3) is 2.87. The summed E-state index contributed by atoms with van der Waals surface area (Å²) in [5.74, 6) is 1.56. The fraction of sp³-hybridized carbons (Fsp3) is 0.286. The fourth-order valence-corrected chi connectivity index (χ4v) is 2.57. The second-order valence-corrected chi connectivity index (χ2v) is 5.46. The van der Waals surface area contributed by atoms with Gasteiger partial charge in [-0.1, -0.05) is 6.07 Å². The van der Waals surface area contributed by atoms with Crippen molar-refractivity contribution in [2.45, 2.75) is 6.42 Å². The van der Waals surface area contributed by atoms with E-state index in [1.807, 2.05) is 18.2 Å². The minimum atomic E-state index is -0.164. The summed E-state index contributed by atoms with van der Waals surface area (Å²) in [7, 11) is 1.61. The molecule has 0 radical (unpaired) electrons. The first kappa shape index (κ1) is 13.9. The lowest BCUT2D eigenvalue weighted by Crippen LogP contribution is -2.21. The molecule has 7 heteroatoms. The maximum Gasteiger partial charge on any atom is 0.282 e. The number of benzene rings is 1. The molecule has 0 fully saturated rings. The molecule has 1 aromatic heterocycles. The van der Waals surface area contributed by atoms with E-state index in [1.165, 1.54) is 4.68 Å². The third-order valence-corrected chi connectivity index (χ3v) is 4.01. The molecule has 0 aliphatic carbocycles. The zero-order valence-electron chi connectivity index (χ0n) is 11.4. The van der Waals surface area contributed by atoms with E-state index in [2.05, 4.69) is 26.3 Å². The predicted octanol–water partition coefficient (Wildman–Crippen LogP) is 1.93. The monoisotopic (exact) mass is 351 g/mol. The van der Waals surface area contributed by atoms with Crippen LogP contribution in [0.15, 0.2) is 33.7 Å². The Bertz CT molecular complexity index is 730. The van der Waals surface area contributed by atoms with Crippen LogP contribution in [0.2, 0.25) is 0 Å². The van der Waals surface area contributed by atoms with Crippen LogP contribution in [0.4, 0.5) is 5.69 Å². The van der Waals surface area contributed by atoms with E-state index in [4.69, 9.17) is 9.47 Å². The number of aromatic nitrogens is 2. The number of nitrogens with one attached hydrogen (secondary N) is 1. The standard InChI is InChI=1S/C14H14BrN3O3/c1-18-14(19)13(15)10(7-17-18)16-5-4-9-2-3-11-12(6-9)21-8-20-11/h2-3,6-7,16H,4-5,8H2,1H3. The van der Waals surface area contributed by atoms with Crippen LogP contribution >= 0.6 is 15.9 Å². The van der Waals surface area contributed by atoms with Gasteiger partial charge in [0.2, 0.25) is 6.79 Å². The highest BCUT2D eigenvalue weighted by atomic mass is 79.9. The highest BCUT2D eigenvalue weighted by Gasteiger charge is 2.13. The molecular weight excluding hydrogens is 338 g/mol. The van der Waals surface area contributed by atoms with Crippen LogP contribution in [0.3, 0.4) is 0 Å². The van der Waals surface area contributed by atoms with Crippen LogP contribution in [-0.4, -0.2) is 23.1 Å². The number of hydrogen-bond acceptors (Lipinski definition) is 5. The summed E-state index contributed by atoms with van der Waals surface area (Å²) in [5.41, 5.74) is 1.67. The van der Waals surface area contributed by atoms with Gasteiger partial charge in [0.25, 0.3) is 5.56 Å². The van der Waals surface area contributed by atoms with Gasteiger partial charge < -0.3 is 14.8 Å². The maximum atomic E-state index is 11.7. The average Bonchev–Trinajstić information content (AvgIpc) is 2.95. The molecule has 2 aromatic rings. The molecule has 0 spiro atoms. The lowest BCUT2D eigenvalue weighted by atomic mass is 10.1. The lowest BCUT2D eigenvalue weighted by Gasteiger charge is -2.09. The van der Waals surface area contributed by atoms with Crippen molar-refractivity contribution in [3.8, 4) is 11.5 Å². The molecule has 0 saturated carbocycles. The molecule has 1 aliphatic heterocycles. The van der Waals surface area contributed by atoms with Crippen molar-refractivity contribution >= 4 is 21.6 Å².